The summed E-state index contributed by atoms with van der Waals surface area (Å²) in [6.07, 6.45) is 1.28. The van der Waals surface area contributed by atoms with Crippen LogP contribution in [0.1, 0.15) is 5.56 Å². The van der Waals surface area contributed by atoms with E-state index < -0.39 is 18.1 Å². The maximum Gasteiger partial charge on any atom is 0.325 e. The van der Waals surface area contributed by atoms with Gasteiger partial charge in [0, 0.05) is 6.54 Å². The van der Waals surface area contributed by atoms with Gasteiger partial charge in [-0.3, -0.25) is 9.59 Å². The highest BCUT2D eigenvalue weighted by molar-refractivity contribution is 6.31. The Bertz CT molecular complexity index is 456. The van der Waals surface area contributed by atoms with E-state index in [1.807, 2.05) is 0 Å². The Hall–Kier alpha value is -1.40. The first-order valence-corrected chi connectivity index (χ1v) is 4.90. The van der Waals surface area contributed by atoms with Gasteiger partial charge in [-0.2, -0.15) is 5.10 Å². The molecule has 1 N–H and O–H groups in total. The molecular formula is C9H12ClN3O3. The number of carboxylic acid groups (broad SMARTS) is 1. The lowest BCUT2D eigenvalue weighted by molar-refractivity contribution is -0.138. The number of carboxylic acids is 1. The van der Waals surface area contributed by atoms with Crippen LogP contribution in [-0.2, 0) is 17.9 Å². The summed E-state index contributed by atoms with van der Waals surface area (Å²) in [4.78, 5) is 24.1. The summed E-state index contributed by atoms with van der Waals surface area (Å²) in [7, 11) is 3.58. The molecule has 0 aliphatic carbocycles. The molecule has 88 valence electrons. The van der Waals surface area contributed by atoms with Gasteiger partial charge in [-0.15, -0.1) is 0 Å². The minimum absolute atomic E-state index is 0.250. The van der Waals surface area contributed by atoms with E-state index in [9.17, 15) is 9.59 Å². The van der Waals surface area contributed by atoms with Gasteiger partial charge < -0.3 is 10.0 Å². The normalized spacial score (nSPS) is 10.8. The van der Waals surface area contributed by atoms with Crippen LogP contribution in [0, 0.1) is 0 Å². The number of aliphatic carboxylic acids is 1. The van der Waals surface area contributed by atoms with Gasteiger partial charge in [0.05, 0.1) is 16.8 Å². The minimum atomic E-state index is -1.12. The number of halogens is 1. The van der Waals surface area contributed by atoms with Gasteiger partial charge in [0.15, 0.2) is 0 Å². The van der Waals surface area contributed by atoms with Crippen LogP contribution in [0.2, 0.25) is 5.02 Å². The van der Waals surface area contributed by atoms with E-state index in [4.69, 9.17) is 16.7 Å². The van der Waals surface area contributed by atoms with E-state index >= 15 is 0 Å². The molecule has 0 atom stereocenters. The molecule has 0 bridgehead atoms. The average molecular weight is 246 g/mol. The Kier molecular flexibility index (Phi) is 4.03. The topological polar surface area (TPSA) is 75.4 Å². The first kappa shape index (κ1) is 12.7. The molecule has 1 heterocycles. The smallest absolute Gasteiger partial charge is 0.325 e. The maximum atomic E-state index is 11.8. The van der Waals surface area contributed by atoms with Crippen LogP contribution in [0.4, 0.5) is 0 Å². The standard InChI is InChI=1S/C9H12ClN3O3/c1-12(2)4-6-7(10)3-11-13(9(6)16)5-8(14)15/h3H,4-5H2,1-2H3,(H,14,15). The third-order valence-electron chi connectivity index (χ3n) is 1.85. The SMILES string of the molecule is CN(C)Cc1c(Cl)cnn(CC(=O)O)c1=O. The molecule has 0 aliphatic heterocycles. The maximum absolute atomic E-state index is 11.8. The van der Waals surface area contributed by atoms with Crippen molar-refractivity contribution in [2.45, 2.75) is 13.1 Å². The van der Waals surface area contributed by atoms with Crippen molar-refractivity contribution >= 4 is 17.6 Å². The van der Waals surface area contributed by atoms with E-state index in [1.54, 1.807) is 19.0 Å². The zero-order valence-corrected chi connectivity index (χ0v) is 9.73. The third-order valence-corrected chi connectivity index (χ3v) is 2.18. The molecule has 0 unspecified atom stereocenters. The molecule has 0 radical (unpaired) electrons. The van der Waals surface area contributed by atoms with Gasteiger partial charge in [-0.05, 0) is 14.1 Å². The van der Waals surface area contributed by atoms with Gasteiger partial charge in [0.25, 0.3) is 5.56 Å². The Labute approximate surface area is 97.1 Å². The monoisotopic (exact) mass is 245 g/mol. The molecule has 1 rings (SSSR count). The molecule has 0 spiro atoms. The van der Waals surface area contributed by atoms with E-state index in [0.717, 1.165) is 4.68 Å². The summed E-state index contributed by atoms with van der Waals surface area (Å²) in [6.45, 7) is -0.115. The summed E-state index contributed by atoms with van der Waals surface area (Å²) in [5.74, 6) is -1.12. The van der Waals surface area contributed by atoms with Crippen molar-refractivity contribution in [3.05, 3.63) is 27.1 Å². The number of hydrogen-bond donors (Lipinski definition) is 1. The van der Waals surface area contributed by atoms with Crippen LogP contribution in [0.3, 0.4) is 0 Å². The molecule has 0 saturated heterocycles. The van der Waals surface area contributed by atoms with Crippen molar-refractivity contribution < 1.29 is 9.90 Å². The molecule has 1 aromatic rings. The van der Waals surface area contributed by atoms with Crippen molar-refractivity contribution in [3.8, 4) is 0 Å². The Balaban J connectivity index is 3.16. The Morgan fingerprint density at radius 1 is 1.62 bits per heavy atom. The van der Waals surface area contributed by atoms with E-state index in [-0.39, 0.29) is 5.02 Å². The fourth-order valence-electron chi connectivity index (χ4n) is 1.21. The molecule has 16 heavy (non-hydrogen) atoms. The van der Waals surface area contributed by atoms with Crippen LogP contribution >= 0.6 is 11.6 Å². The number of rotatable bonds is 4. The lowest BCUT2D eigenvalue weighted by Gasteiger charge is -2.11. The second kappa shape index (κ2) is 5.09. The molecule has 0 aromatic carbocycles. The van der Waals surface area contributed by atoms with Crippen LogP contribution in [0.25, 0.3) is 0 Å². The lowest BCUT2D eigenvalue weighted by Crippen LogP contribution is -2.31. The zero-order chi connectivity index (χ0) is 12.3. The summed E-state index contributed by atoms with van der Waals surface area (Å²) in [6, 6.07) is 0. The van der Waals surface area contributed by atoms with Gasteiger partial charge in [-0.25, -0.2) is 4.68 Å². The van der Waals surface area contributed by atoms with Gasteiger partial charge in [-0.1, -0.05) is 11.6 Å². The van der Waals surface area contributed by atoms with E-state index in [0.29, 0.717) is 12.1 Å². The van der Waals surface area contributed by atoms with E-state index in [2.05, 4.69) is 5.10 Å². The highest BCUT2D eigenvalue weighted by atomic mass is 35.5. The highest BCUT2D eigenvalue weighted by Gasteiger charge is 2.12. The molecule has 0 fully saturated rings. The quantitative estimate of drug-likeness (QED) is 0.811. The van der Waals surface area contributed by atoms with Crippen LogP contribution in [-0.4, -0.2) is 39.9 Å². The average Bonchev–Trinajstić information content (AvgIpc) is 2.16. The first-order valence-electron chi connectivity index (χ1n) is 4.53. The molecular weight excluding hydrogens is 234 g/mol. The number of hydrogen-bond acceptors (Lipinski definition) is 4. The van der Waals surface area contributed by atoms with Crippen LogP contribution in [0.15, 0.2) is 11.0 Å². The second-order valence-corrected chi connectivity index (χ2v) is 3.97. The van der Waals surface area contributed by atoms with Crippen molar-refractivity contribution in [2.75, 3.05) is 14.1 Å². The van der Waals surface area contributed by atoms with Crippen molar-refractivity contribution in [1.82, 2.24) is 14.7 Å². The number of carbonyl (C=O) groups is 1. The number of aromatic nitrogens is 2. The molecule has 6 nitrogen and oxygen atoms in total. The summed E-state index contributed by atoms with van der Waals surface area (Å²) in [5.41, 5.74) is -0.119. The molecule has 0 saturated carbocycles. The first-order chi connectivity index (χ1) is 7.41. The molecule has 0 amide bonds. The van der Waals surface area contributed by atoms with E-state index in [1.165, 1.54) is 6.20 Å². The Morgan fingerprint density at radius 2 is 2.25 bits per heavy atom. The van der Waals surface area contributed by atoms with Crippen LogP contribution in [0.5, 0.6) is 0 Å². The highest BCUT2D eigenvalue weighted by Crippen LogP contribution is 2.10. The molecule has 0 aliphatic rings. The van der Waals surface area contributed by atoms with Crippen molar-refractivity contribution in [2.24, 2.45) is 0 Å². The zero-order valence-electron chi connectivity index (χ0n) is 8.97. The molecule has 7 heteroatoms. The largest absolute Gasteiger partial charge is 0.480 e. The Morgan fingerprint density at radius 3 is 2.75 bits per heavy atom. The summed E-state index contributed by atoms with van der Waals surface area (Å²) in [5, 5.41) is 12.5. The van der Waals surface area contributed by atoms with Crippen LogP contribution < -0.4 is 5.56 Å². The third kappa shape index (κ3) is 3.04. The van der Waals surface area contributed by atoms with Crippen molar-refractivity contribution in [3.63, 3.8) is 0 Å². The van der Waals surface area contributed by atoms with Crippen molar-refractivity contribution in [1.29, 1.82) is 0 Å². The predicted molar refractivity (Wildman–Crippen MR) is 58.5 cm³/mol. The minimum Gasteiger partial charge on any atom is -0.480 e. The number of nitrogens with zero attached hydrogens (tertiary/aromatic N) is 3. The fraction of sp³-hybridized carbons (Fsp3) is 0.444. The van der Waals surface area contributed by atoms with Gasteiger partial charge in [0.1, 0.15) is 6.54 Å². The molecule has 1 aromatic heterocycles. The summed E-state index contributed by atoms with van der Waals surface area (Å²) >= 11 is 5.83. The fourth-order valence-corrected chi connectivity index (χ4v) is 1.39. The van der Waals surface area contributed by atoms with Gasteiger partial charge >= 0.3 is 5.97 Å². The summed E-state index contributed by atoms with van der Waals surface area (Å²) < 4.78 is 0.882. The second-order valence-electron chi connectivity index (χ2n) is 3.57. The lowest BCUT2D eigenvalue weighted by atomic mass is 10.3. The predicted octanol–water partition coefficient (Wildman–Crippen LogP) is 0.0429. The van der Waals surface area contributed by atoms with Gasteiger partial charge in [0.2, 0.25) is 0 Å².